The van der Waals surface area contributed by atoms with Crippen molar-refractivity contribution in [1.82, 2.24) is 5.32 Å². The molecule has 1 rings (SSSR count). The molecule has 0 atom stereocenters. The van der Waals surface area contributed by atoms with Crippen molar-refractivity contribution in [3.05, 3.63) is 30.1 Å². The van der Waals surface area contributed by atoms with Crippen LogP contribution in [0.2, 0.25) is 0 Å². The Kier molecular flexibility index (Phi) is 5.09. The molecular formula is C13H18FNO3. The molecule has 0 aliphatic rings. The predicted molar refractivity (Wildman–Crippen MR) is 65.8 cm³/mol. The summed E-state index contributed by atoms with van der Waals surface area (Å²) in [6.45, 7) is 3.91. The van der Waals surface area contributed by atoms with Gasteiger partial charge in [0.1, 0.15) is 11.6 Å². The lowest BCUT2D eigenvalue weighted by molar-refractivity contribution is -0.123. The molecule has 0 radical (unpaired) electrons. The second-order valence-electron chi connectivity index (χ2n) is 4.84. The van der Waals surface area contributed by atoms with Crippen LogP contribution in [0.4, 0.5) is 4.39 Å². The number of hydrogen-bond acceptors (Lipinski definition) is 3. The largest absolute Gasteiger partial charge is 0.484 e. The van der Waals surface area contributed by atoms with Crippen molar-refractivity contribution in [2.45, 2.75) is 13.8 Å². The molecule has 0 aliphatic carbocycles. The van der Waals surface area contributed by atoms with Crippen molar-refractivity contribution in [2.75, 3.05) is 19.8 Å². The number of nitrogens with one attached hydrogen (secondary N) is 1. The lowest BCUT2D eigenvalue weighted by Crippen LogP contribution is -2.38. The van der Waals surface area contributed by atoms with E-state index < -0.39 is 0 Å². The average molecular weight is 255 g/mol. The Morgan fingerprint density at radius 3 is 2.56 bits per heavy atom. The highest BCUT2D eigenvalue weighted by atomic mass is 19.1. The fraction of sp³-hybridized carbons (Fsp3) is 0.462. The maximum Gasteiger partial charge on any atom is 0.257 e. The van der Waals surface area contributed by atoms with Crippen molar-refractivity contribution < 1.29 is 19.0 Å². The molecule has 0 bridgehead atoms. The summed E-state index contributed by atoms with van der Waals surface area (Å²) in [7, 11) is 0. The van der Waals surface area contributed by atoms with E-state index in [2.05, 4.69) is 5.32 Å². The van der Waals surface area contributed by atoms with E-state index in [1.165, 1.54) is 24.3 Å². The molecular weight excluding hydrogens is 237 g/mol. The first kappa shape index (κ1) is 14.4. The Hall–Kier alpha value is -1.62. The molecule has 0 aromatic heterocycles. The van der Waals surface area contributed by atoms with Crippen LogP contribution in [-0.4, -0.2) is 30.8 Å². The molecule has 0 unspecified atom stereocenters. The summed E-state index contributed by atoms with van der Waals surface area (Å²) in [6, 6.07) is 5.45. The molecule has 4 nitrogen and oxygen atoms in total. The van der Waals surface area contributed by atoms with Gasteiger partial charge in [-0.15, -0.1) is 0 Å². The van der Waals surface area contributed by atoms with Crippen molar-refractivity contribution in [2.24, 2.45) is 5.41 Å². The summed E-state index contributed by atoms with van der Waals surface area (Å²) < 4.78 is 17.8. The number of benzene rings is 1. The molecule has 2 N–H and O–H groups in total. The zero-order chi connectivity index (χ0) is 13.6. The van der Waals surface area contributed by atoms with Crippen molar-refractivity contribution >= 4 is 5.91 Å². The van der Waals surface area contributed by atoms with E-state index in [1.807, 2.05) is 13.8 Å². The number of aliphatic hydroxyl groups is 1. The third-order valence-electron chi connectivity index (χ3n) is 2.38. The number of carbonyl (C=O) groups excluding carboxylic acids is 1. The summed E-state index contributed by atoms with van der Waals surface area (Å²) in [5, 5.41) is 11.7. The first-order valence-corrected chi connectivity index (χ1v) is 5.69. The first-order valence-electron chi connectivity index (χ1n) is 5.69. The van der Waals surface area contributed by atoms with Gasteiger partial charge < -0.3 is 15.2 Å². The van der Waals surface area contributed by atoms with E-state index in [0.717, 1.165) is 0 Å². The summed E-state index contributed by atoms with van der Waals surface area (Å²) in [5.74, 6) is -0.190. The Labute approximate surface area is 106 Å². The van der Waals surface area contributed by atoms with Gasteiger partial charge in [0, 0.05) is 18.6 Å². The van der Waals surface area contributed by atoms with Crippen LogP contribution in [0.5, 0.6) is 5.75 Å². The SMILES string of the molecule is CC(C)(CO)CNC(=O)COc1ccc(F)cc1. The molecule has 0 fully saturated rings. The molecule has 0 heterocycles. The average Bonchev–Trinajstić information content (AvgIpc) is 2.36. The first-order chi connectivity index (χ1) is 8.43. The van der Waals surface area contributed by atoms with Crippen LogP contribution >= 0.6 is 0 Å². The number of ether oxygens (including phenoxy) is 1. The Morgan fingerprint density at radius 2 is 2.00 bits per heavy atom. The van der Waals surface area contributed by atoms with Gasteiger partial charge in [-0.05, 0) is 24.3 Å². The van der Waals surface area contributed by atoms with Gasteiger partial charge in [0.15, 0.2) is 6.61 Å². The third-order valence-corrected chi connectivity index (χ3v) is 2.38. The fourth-order valence-corrected chi connectivity index (χ4v) is 1.12. The van der Waals surface area contributed by atoms with Crippen LogP contribution in [0.15, 0.2) is 24.3 Å². The molecule has 0 saturated heterocycles. The maximum atomic E-state index is 12.6. The molecule has 0 saturated carbocycles. The number of rotatable bonds is 6. The topological polar surface area (TPSA) is 58.6 Å². The van der Waals surface area contributed by atoms with Gasteiger partial charge in [-0.1, -0.05) is 13.8 Å². The van der Waals surface area contributed by atoms with E-state index in [4.69, 9.17) is 9.84 Å². The van der Waals surface area contributed by atoms with Gasteiger partial charge in [0.25, 0.3) is 5.91 Å². The van der Waals surface area contributed by atoms with Gasteiger partial charge in [0.2, 0.25) is 0 Å². The van der Waals surface area contributed by atoms with Crippen molar-refractivity contribution in [3.63, 3.8) is 0 Å². The molecule has 1 amide bonds. The summed E-state index contributed by atoms with van der Waals surface area (Å²) in [5.41, 5.74) is -0.356. The molecule has 5 heteroatoms. The van der Waals surface area contributed by atoms with Crippen LogP contribution in [-0.2, 0) is 4.79 Å². The van der Waals surface area contributed by atoms with E-state index in [9.17, 15) is 9.18 Å². The smallest absolute Gasteiger partial charge is 0.257 e. The van der Waals surface area contributed by atoms with Crippen molar-refractivity contribution in [1.29, 1.82) is 0 Å². The second kappa shape index (κ2) is 6.35. The molecule has 1 aromatic rings. The van der Waals surface area contributed by atoms with Crippen LogP contribution in [0.3, 0.4) is 0 Å². The van der Waals surface area contributed by atoms with Crippen LogP contribution in [0, 0.1) is 11.2 Å². The number of hydrogen-bond donors (Lipinski definition) is 2. The molecule has 100 valence electrons. The number of carbonyl (C=O) groups is 1. The van der Waals surface area contributed by atoms with E-state index in [1.54, 1.807) is 0 Å². The molecule has 0 aliphatic heterocycles. The standard InChI is InChI=1S/C13H18FNO3/c1-13(2,9-16)8-15-12(17)7-18-11-5-3-10(14)4-6-11/h3-6,16H,7-9H2,1-2H3,(H,15,17). The predicted octanol–water partition coefficient (Wildman–Crippen LogP) is 1.34. The van der Waals surface area contributed by atoms with Gasteiger partial charge >= 0.3 is 0 Å². The Morgan fingerprint density at radius 1 is 1.39 bits per heavy atom. The molecule has 18 heavy (non-hydrogen) atoms. The minimum absolute atomic E-state index is 0.00784. The van der Waals surface area contributed by atoms with Gasteiger partial charge in [0.05, 0.1) is 0 Å². The van der Waals surface area contributed by atoms with Crippen LogP contribution < -0.4 is 10.1 Å². The third kappa shape index (κ3) is 5.14. The maximum absolute atomic E-state index is 12.6. The molecule has 1 aromatic carbocycles. The molecule has 0 spiro atoms. The number of aliphatic hydroxyl groups excluding tert-OH is 1. The zero-order valence-electron chi connectivity index (χ0n) is 10.6. The normalized spacial score (nSPS) is 11.1. The van der Waals surface area contributed by atoms with Crippen LogP contribution in [0.1, 0.15) is 13.8 Å². The summed E-state index contributed by atoms with van der Waals surface area (Å²) in [4.78, 5) is 11.5. The second-order valence-corrected chi connectivity index (χ2v) is 4.84. The monoisotopic (exact) mass is 255 g/mol. The highest BCUT2D eigenvalue weighted by Crippen LogP contribution is 2.12. The van der Waals surface area contributed by atoms with Gasteiger partial charge in [-0.2, -0.15) is 0 Å². The number of halogens is 1. The Balaban J connectivity index is 2.31. The summed E-state index contributed by atoms with van der Waals surface area (Å²) in [6.07, 6.45) is 0. The highest BCUT2D eigenvalue weighted by Gasteiger charge is 2.17. The van der Waals surface area contributed by atoms with E-state index in [-0.39, 0.29) is 30.4 Å². The van der Waals surface area contributed by atoms with E-state index in [0.29, 0.717) is 12.3 Å². The lowest BCUT2D eigenvalue weighted by Gasteiger charge is -2.21. The zero-order valence-corrected chi connectivity index (χ0v) is 10.6. The minimum Gasteiger partial charge on any atom is -0.484 e. The van der Waals surface area contributed by atoms with Crippen molar-refractivity contribution in [3.8, 4) is 5.75 Å². The Bertz CT molecular complexity index is 390. The number of amides is 1. The van der Waals surface area contributed by atoms with E-state index >= 15 is 0 Å². The highest BCUT2D eigenvalue weighted by molar-refractivity contribution is 5.77. The van der Waals surface area contributed by atoms with Gasteiger partial charge in [-0.3, -0.25) is 4.79 Å². The summed E-state index contributed by atoms with van der Waals surface area (Å²) >= 11 is 0. The van der Waals surface area contributed by atoms with Crippen LogP contribution in [0.25, 0.3) is 0 Å². The fourth-order valence-electron chi connectivity index (χ4n) is 1.12. The van der Waals surface area contributed by atoms with Gasteiger partial charge in [-0.25, -0.2) is 4.39 Å². The minimum atomic E-state index is -0.356. The quantitative estimate of drug-likeness (QED) is 0.806. The lowest BCUT2D eigenvalue weighted by atomic mass is 9.95.